The summed E-state index contributed by atoms with van der Waals surface area (Å²) in [7, 11) is 1.37. The topological polar surface area (TPSA) is 64.6 Å². The first-order chi connectivity index (χ1) is 9.04. The minimum absolute atomic E-state index is 0.211. The van der Waals surface area contributed by atoms with Gasteiger partial charge >= 0.3 is 5.97 Å². The summed E-state index contributed by atoms with van der Waals surface area (Å²) < 4.78 is 10.3. The first kappa shape index (κ1) is 15.2. The lowest BCUT2D eigenvalue weighted by Gasteiger charge is -2.30. The summed E-state index contributed by atoms with van der Waals surface area (Å²) in [4.78, 5) is 23.4. The van der Waals surface area contributed by atoms with Crippen LogP contribution in [0.15, 0.2) is 30.3 Å². The van der Waals surface area contributed by atoms with Crippen LogP contribution in [0.2, 0.25) is 0 Å². The van der Waals surface area contributed by atoms with Gasteiger partial charge in [0.25, 0.3) is 0 Å². The molecule has 0 aliphatic heterocycles. The standard InChI is InChI=1S/C14H19NO4/c1-4-19-13(17)14(18-3,15-11(2)16)10-12-8-6-5-7-9-12/h5-9H,4,10H2,1-3H3,(H,15,16). The van der Waals surface area contributed by atoms with Crippen LogP contribution in [0.4, 0.5) is 0 Å². The Morgan fingerprint density at radius 3 is 2.37 bits per heavy atom. The average molecular weight is 265 g/mol. The van der Waals surface area contributed by atoms with Crippen LogP contribution in [0, 0.1) is 0 Å². The summed E-state index contributed by atoms with van der Waals surface area (Å²) in [5.74, 6) is -0.956. The van der Waals surface area contributed by atoms with Crippen LogP contribution in [-0.2, 0) is 25.5 Å². The van der Waals surface area contributed by atoms with Crippen molar-refractivity contribution in [3.05, 3.63) is 35.9 Å². The molecule has 1 rings (SSSR count). The Hall–Kier alpha value is -1.88. The van der Waals surface area contributed by atoms with E-state index in [4.69, 9.17) is 9.47 Å². The van der Waals surface area contributed by atoms with E-state index in [9.17, 15) is 9.59 Å². The van der Waals surface area contributed by atoms with E-state index in [-0.39, 0.29) is 18.9 Å². The number of hydrogen-bond donors (Lipinski definition) is 1. The molecule has 0 spiro atoms. The van der Waals surface area contributed by atoms with Gasteiger partial charge in [-0.25, -0.2) is 4.79 Å². The van der Waals surface area contributed by atoms with E-state index >= 15 is 0 Å². The summed E-state index contributed by atoms with van der Waals surface area (Å²) in [6, 6.07) is 9.30. The van der Waals surface area contributed by atoms with Gasteiger partial charge in [-0.2, -0.15) is 0 Å². The molecule has 0 heterocycles. The number of ether oxygens (including phenoxy) is 2. The lowest BCUT2D eigenvalue weighted by atomic mass is 10.0. The highest BCUT2D eigenvalue weighted by molar-refractivity contribution is 5.86. The van der Waals surface area contributed by atoms with Crippen molar-refractivity contribution >= 4 is 11.9 Å². The molecular formula is C14H19NO4. The second-order valence-electron chi connectivity index (χ2n) is 4.10. The zero-order valence-electron chi connectivity index (χ0n) is 11.4. The van der Waals surface area contributed by atoms with Gasteiger partial charge in [-0.15, -0.1) is 0 Å². The largest absolute Gasteiger partial charge is 0.462 e. The predicted octanol–water partition coefficient (Wildman–Crippen LogP) is 1.27. The van der Waals surface area contributed by atoms with Gasteiger partial charge < -0.3 is 14.8 Å². The molecule has 0 bridgehead atoms. The van der Waals surface area contributed by atoms with E-state index in [0.717, 1.165) is 5.56 Å². The maximum atomic E-state index is 12.1. The lowest BCUT2D eigenvalue weighted by Crippen LogP contribution is -2.57. The molecule has 104 valence electrons. The second kappa shape index (κ2) is 6.89. The molecule has 0 saturated carbocycles. The van der Waals surface area contributed by atoms with Crippen LogP contribution >= 0.6 is 0 Å². The number of benzene rings is 1. The summed E-state index contributed by atoms with van der Waals surface area (Å²) in [6.07, 6.45) is 0.211. The van der Waals surface area contributed by atoms with Crippen molar-refractivity contribution in [3.8, 4) is 0 Å². The normalized spacial score (nSPS) is 13.4. The fourth-order valence-electron chi connectivity index (χ4n) is 1.79. The molecule has 0 radical (unpaired) electrons. The fraction of sp³-hybridized carbons (Fsp3) is 0.429. The summed E-state index contributed by atoms with van der Waals surface area (Å²) in [5.41, 5.74) is -0.616. The number of amides is 1. The number of carbonyl (C=O) groups is 2. The van der Waals surface area contributed by atoms with Crippen molar-refractivity contribution in [2.75, 3.05) is 13.7 Å². The molecule has 1 amide bonds. The fourth-order valence-corrected chi connectivity index (χ4v) is 1.79. The minimum atomic E-state index is -1.48. The highest BCUT2D eigenvalue weighted by atomic mass is 16.6. The Morgan fingerprint density at radius 2 is 1.89 bits per heavy atom. The number of carbonyl (C=O) groups excluding carboxylic acids is 2. The molecule has 5 nitrogen and oxygen atoms in total. The van der Waals surface area contributed by atoms with Crippen molar-refractivity contribution in [1.82, 2.24) is 5.32 Å². The Balaban J connectivity index is 3.02. The van der Waals surface area contributed by atoms with Gasteiger partial charge in [-0.05, 0) is 12.5 Å². The van der Waals surface area contributed by atoms with E-state index < -0.39 is 11.7 Å². The molecule has 1 aromatic carbocycles. The van der Waals surface area contributed by atoms with Crippen LogP contribution in [-0.4, -0.2) is 31.3 Å². The smallest absolute Gasteiger partial charge is 0.360 e. The van der Waals surface area contributed by atoms with E-state index in [0.29, 0.717) is 0 Å². The predicted molar refractivity (Wildman–Crippen MR) is 70.3 cm³/mol. The highest BCUT2D eigenvalue weighted by Gasteiger charge is 2.41. The quantitative estimate of drug-likeness (QED) is 0.621. The molecule has 0 aliphatic carbocycles. The third-order valence-corrected chi connectivity index (χ3v) is 2.63. The molecule has 19 heavy (non-hydrogen) atoms. The van der Waals surface area contributed by atoms with E-state index in [2.05, 4.69) is 5.32 Å². The molecule has 0 aromatic heterocycles. The summed E-state index contributed by atoms with van der Waals surface area (Å²) in [5, 5.41) is 2.54. The molecule has 5 heteroatoms. The molecule has 1 atom stereocenters. The van der Waals surface area contributed by atoms with Gasteiger partial charge in [-0.3, -0.25) is 4.79 Å². The molecule has 0 aliphatic rings. The van der Waals surface area contributed by atoms with Crippen molar-refractivity contribution < 1.29 is 19.1 Å². The highest BCUT2D eigenvalue weighted by Crippen LogP contribution is 2.17. The lowest BCUT2D eigenvalue weighted by molar-refractivity contribution is -0.175. The van der Waals surface area contributed by atoms with Crippen molar-refractivity contribution in [2.24, 2.45) is 0 Å². The second-order valence-corrected chi connectivity index (χ2v) is 4.10. The van der Waals surface area contributed by atoms with E-state index in [1.807, 2.05) is 30.3 Å². The number of rotatable bonds is 6. The van der Waals surface area contributed by atoms with Crippen molar-refractivity contribution in [2.45, 2.75) is 26.0 Å². The van der Waals surface area contributed by atoms with Crippen LogP contribution in [0.5, 0.6) is 0 Å². The van der Waals surface area contributed by atoms with Crippen molar-refractivity contribution in [1.29, 1.82) is 0 Å². The minimum Gasteiger partial charge on any atom is -0.462 e. The first-order valence-corrected chi connectivity index (χ1v) is 6.09. The van der Waals surface area contributed by atoms with Crippen LogP contribution < -0.4 is 5.32 Å². The Morgan fingerprint density at radius 1 is 1.26 bits per heavy atom. The molecule has 0 fully saturated rings. The summed E-state index contributed by atoms with van der Waals surface area (Å²) >= 11 is 0. The zero-order chi connectivity index (χ0) is 14.3. The number of hydrogen-bond acceptors (Lipinski definition) is 4. The number of esters is 1. The van der Waals surface area contributed by atoms with Gasteiger partial charge in [0, 0.05) is 20.5 Å². The Labute approximate surface area is 112 Å². The van der Waals surface area contributed by atoms with E-state index in [1.54, 1.807) is 6.92 Å². The van der Waals surface area contributed by atoms with Gasteiger partial charge in [-0.1, -0.05) is 30.3 Å². The number of nitrogens with one attached hydrogen (secondary N) is 1. The third-order valence-electron chi connectivity index (χ3n) is 2.63. The van der Waals surface area contributed by atoms with Gasteiger partial charge in [0.15, 0.2) is 0 Å². The maximum absolute atomic E-state index is 12.1. The van der Waals surface area contributed by atoms with Crippen LogP contribution in [0.1, 0.15) is 19.4 Å². The first-order valence-electron chi connectivity index (χ1n) is 6.09. The third kappa shape index (κ3) is 4.06. The van der Waals surface area contributed by atoms with Crippen molar-refractivity contribution in [3.63, 3.8) is 0 Å². The molecular weight excluding hydrogens is 246 g/mol. The Bertz CT molecular complexity index is 432. The molecule has 0 saturated heterocycles. The Kier molecular flexibility index (Phi) is 5.51. The van der Waals surface area contributed by atoms with Gasteiger partial charge in [0.1, 0.15) is 0 Å². The van der Waals surface area contributed by atoms with Gasteiger partial charge in [0.2, 0.25) is 11.6 Å². The summed E-state index contributed by atoms with van der Waals surface area (Å²) in [6.45, 7) is 3.25. The van der Waals surface area contributed by atoms with Crippen LogP contribution in [0.3, 0.4) is 0 Å². The molecule has 1 unspecified atom stereocenters. The zero-order valence-corrected chi connectivity index (χ0v) is 11.4. The van der Waals surface area contributed by atoms with Gasteiger partial charge in [0.05, 0.1) is 6.61 Å². The average Bonchev–Trinajstić information content (AvgIpc) is 2.38. The SMILES string of the molecule is CCOC(=O)C(Cc1ccccc1)(NC(C)=O)OC. The monoisotopic (exact) mass is 265 g/mol. The van der Waals surface area contributed by atoms with Crippen LogP contribution in [0.25, 0.3) is 0 Å². The van der Waals surface area contributed by atoms with E-state index in [1.165, 1.54) is 14.0 Å². The number of methoxy groups -OCH3 is 1. The molecule has 1 N–H and O–H groups in total. The maximum Gasteiger partial charge on any atom is 0.360 e. The molecule has 1 aromatic rings.